The third-order valence-electron chi connectivity index (χ3n) is 8.00. The Balaban J connectivity index is 1.43. The minimum absolute atomic E-state index is 0.0847. The lowest BCUT2D eigenvalue weighted by atomic mass is 9.72. The maximum Gasteiger partial charge on any atom is 0.219 e. The summed E-state index contributed by atoms with van der Waals surface area (Å²) in [6.07, 6.45) is 7.15. The Labute approximate surface area is 203 Å². The fraction of sp³-hybridized carbons (Fsp3) is 0.704. The average molecular weight is 472 g/mol. The molecule has 1 saturated carbocycles. The van der Waals surface area contributed by atoms with Crippen LogP contribution >= 0.6 is 0 Å². The van der Waals surface area contributed by atoms with E-state index in [0.29, 0.717) is 19.5 Å². The van der Waals surface area contributed by atoms with Crippen molar-refractivity contribution in [2.45, 2.75) is 95.9 Å². The van der Waals surface area contributed by atoms with E-state index in [0.717, 1.165) is 50.8 Å². The molecule has 2 aliphatic heterocycles. The average Bonchev–Trinajstić information content (AvgIpc) is 2.80. The Bertz CT molecular complexity index is 885. The van der Waals surface area contributed by atoms with Crippen LogP contribution in [0, 0.1) is 5.92 Å². The van der Waals surface area contributed by atoms with E-state index in [1.165, 1.54) is 24.5 Å². The number of carbonyl (C=O) groups is 2. The van der Waals surface area contributed by atoms with Crippen molar-refractivity contribution in [1.29, 1.82) is 0 Å². The van der Waals surface area contributed by atoms with Gasteiger partial charge in [-0.2, -0.15) is 0 Å². The van der Waals surface area contributed by atoms with Gasteiger partial charge >= 0.3 is 0 Å². The van der Waals surface area contributed by atoms with Crippen LogP contribution < -0.4 is 15.4 Å². The number of aliphatic hydroxyl groups excluding tert-OH is 1. The number of fused-ring (bicyclic) bond motifs is 1. The van der Waals surface area contributed by atoms with Crippen LogP contribution in [-0.2, 0) is 16.0 Å². The predicted octanol–water partition coefficient (Wildman–Crippen LogP) is 3.10. The van der Waals surface area contributed by atoms with Gasteiger partial charge in [0, 0.05) is 51.5 Å². The highest BCUT2D eigenvalue weighted by Crippen LogP contribution is 2.49. The van der Waals surface area contributed by atoms with Crippen LogP contribution in [0.4, 0.5) is 0 Å². The molecule has 1 unspecified atom stereocenters. The lowest BCUT2D eigenvalue weighted by Gasteiger charge is -2.48. The van der Waals surface area contributed by atoms with Crippen molar-refractivity contribution in [3.63, 3.8) is 0 Å². The molecule has 7 heteroatoms. The van der Waals surface area contributed by atoms with Crippen molar-refractivity contribution in [3.8, 4) is 5.75 Å². The predicted molar refractivity (Wildman–Crippen MR) is 132 cm³/mol. The Morgan fingerprint density at radius 3 is 2.71 bits per heavy atom. The second kappa shape index (κ2) is 10.6. The Kier molecular flexibility index (Phi) is 7.83. The van der Waals surface area contributed by atoms with Gasteiger partial charge in [0.1, 0.15) is 11.4 Å². The van der Waals surface area contributed by atoms with Crippen molar-refractivity contribution < 1.29 is 19.4 Å². The maximum atomic E-state index is 11.9. The third kappa shape index (κ3) is 5.74. The van der Waals surface area contributed by atoms with Crippen LogP contribution in [0.5, 0.6) is 5.75 Å². The van der Waals surface area contributed by atoms with E-state index >= 15 is 0 Å². The van der Waals surface area contributed by atoms with Crippen LogP contribution in [0.25, 0.3) is 0 Å². The molecular formula is C27H41N3O4. The van der Waals surface area contributed by atoms with Crippen LogP contribution in [0.15, 0.2) is 18.2 Å². The molecule has 1 aliphatic carbocycles. The van der Waals surface area contributed by atoms with Crippen LogP contribution in [0.3, 0.4) is 0 Å². The van der Waals surface area contributed by atoms with Crippen molar-refractivity contribution in [1.82, 2.24) is 15.5 Å². The number of likely N-dealkylation sites (tertiary alicyclic amines) is 1. The molecule has 4 rings (SSSR count). The van der Waals surface area contributed by atoms with Gasteiger partial charge in [0.05, 0.1) is 12.1 Å². The molecular weight excluding hydrogens is 430 g/mol. The van der Waals surface area contributed by atoms with E-state index in [1.54, 1.807) is 6.92 Å². The number of hydrogen-bond donors (Lipinski definition) is 3. The summed E-state index contributed by atoms with van der Waals surface area (Å²) in [6.45, 7) is 7.15. The first kappa shape index (κ1) is 25.0. The number of aryl methyl sites for hydroxylation is 1. The summed E-state index contributed by atoms with van der Waals surface area (Å²) in [4.78, 5) is 25.6. The standard InChI is InChI=1S/C27H41N3O4/c1-4-20-8-9-26-22(13-20)24(15-27(34-26)10-6-11-27)28-16-25(33)23(29-18(2)31)14-21-7-5-12-30(17-21)19(3)32/h8-9,13,21,23-25,28,33H,4-7,10-12,14-17H2,1-3H3,(H,29,31)/t21?,23-,24-,25+/m0/s1. The van der Waals surface area contributed by atoms with Crippen LogP contribution in [-0.4, -0.2) is 59.2 Å². The van der Waals surface area contributed by atoms with Gasteiger partial charge in [0.25, 0.3) is 0 Å². The van der Waals surface area contributed by atoms with Crippen molar-refractivity contribution >= 4 is 11.8 Å². The fourth-order valence-corrected chi connectivity index (χ4v) is 5.88. The molecule has 188 valence electrons. The molecule has 3 N–H and O–H groups in total. The van der Waals surface area contributed by atoms with E-state index in [-0.39, 0.29) is 35.4 Å². The molecule has 2 fully saturated rings. The second-order valence-electron chi connectivity index (χ2n) is 10.6. The zero-order chi connectivity index (χ0) is 24.3. The molecule has 0 aromatic heterocycles. The van der Waals surface area contributed by atoms with E-state index in [2.05, 4.69) is 35.8 Å². The molecule has 1 saturated heterocycles. The summed E-state index contributed by atoms with van der Waals surface area (Å²) in [5.74, 6) is 1.19. The lowest BCUT2D eigenvalue weighted by Crippen LogP contribution is -2.52. The van der Waals surface area contributed by atoms with Gasteiger partial charge in [-0.1, -0.05) is 19.1 Å². The SMILES string of the molecule is CCc1ccc2c(c1)[C@@H](NC[C@@H](O)[C@H](CC1CCCN(C(C)=O)C1)NC(C)=O)CC1(CCC1)O2. The molecule has 2 amide bonds. The highest BCUT2D eigenvalue weighted by atomic mass is 16.5. The largest absolute Gasteiger partial charge is 0.487 e. The first-order chi connectivity index (χ1) is 16.3. The monoisotopic (exact) mass is 471 g/mol. The molecule has 1 aromatic rings. The highest BCUT2D eigenvalue weighted by molar-refractivity contribution is 5.73. The maximum absolute atomic E-state index is 11.9. The van der Waals surface area contributed by atoms with Gasteiger partial charge < -0.3 is 25.4 Å². The highest BCUT2D eigenvalue weighted by Gasteiger charge is 2.45. The fourth-order valence-electron chi connectivity index (χ4n) is 5.88. The second-order valence-corrected chi connectivity index (χ2v) is 10.6. The lowest BCUT2D eigenvalue weighted by molar-refractivity contribution is -0.131. The summed E-state index contributed by atoms with van der Waals surface area (Å²) >= 11 is 0. The van der Waals surface area contributed by atoms with Gasteiger partial charge in [-0.3, -0.25) is 9.59 Å². The number of rotatable bonds is 8. The van der Waals surface area contributed by atoms with E-state index < -0.39 is 6.10 Å². The number of carbonyl (C=O) groups excluding carboxylic acids is 2. The summed E-state index contributed by atoms with van der Waals surface area (Å²) in [7, 11) is 0. The molecule has 2 heterocycles. The van der Waals surface area contributed by atoms with Gasteiger partial charge in [0.15, 0.2) is 0 Å². The van der Waals surface area contributed by atoms with E-state index in [9.17, 15) is 14.7 Å². The minimum Gasteiger partial charge on any atom is -0.487 e. The molecule has 3 aliphatic rings. The molecule has 1 aromatic carbocycles. The van der Waals surface area contributed by atoms with E-state index in [4.69, 9.17) is 4.74 Å². The zero-order valence-corrected chi connectivity index (χ0v) is 20.9. The molecule has 34 heavy (non-hydrogen) atoms. The smallest absolute Gasteiger partial charge is 0.219 e. The molecule has 1 spiro atoms. The number of hydrogen-bond acceptors (Lipinski definition) is 5. The number of ether oxygens (including phenoxy) is 1. The van der Waals surface area contributed by atoms with Crippen molar-refractivity contribution in [2.24, 2.45) is 5.92 Å². The number of amides is 2. The number of aliphatic hydroxyl groups is 1. The number of nitrogens with one attached hydrogen (secondary N) is 2. The zero-order valence-electron chi connectivity index (χ0n) is 20.9. The molecule has 0 radical (unpaired) electrons. The molecule has 4 atom stereocenters. The van der Waals surface area contributed by atoms with Gasteiger partial charge in [-0.15, -0.1) is 0 Å². The Morgan fingerprint density at radius 2 is 2.06 bits per heavy atom. The topological polar surface area (TPSA) is 90.9 Å². The normalized spacial score (nSPS) is 25.0. The van der Waals surface area contributed by atoms with E-state index in [1.807, 2.05) is 4.90 Å². The van der Waals surface area contributed by atoms with Crippen molar-refractivity contribution in [2.75, 3.05) is 19.6 Å². The Hall–Kier alpha value is -2.12. The summed E-state index contributed by atoms with van der Waals surface area (Å²) < 4.78 is 6.43. The third-order valence-corrected chi connectivity index (χ3v) is 8.00. The summed E-state index contributed by atoms with van der Waals surface area (Å²) in [5.41, 5.74) is 2.37. The quantitative estimate of drug-likeness (QED) is 0.542. The van der Waals surface area contributed by atoms with Crippen LogP contribution in [0.1, 0.15) is 82.9 Å². The number of nitrogens with zero attached hydrogens (tertiary/aromatic N) is 1. The first-order valence-corrected chi connectivity index (χ1v) is 13.0. The Morgan fingerprint density at radius 1 is 1.26 bits per heavy atom. The minimum atomic E-state index is -0.713. The van der Waals surface area contributed by atoms with Crippen LogP contribution in [0.2, 0.25) is 0 Å². The molecule has 0 bridgehead atoms. The van der Waals surface area contributed by atoms with Gasteiger partial charge in [0.2, 0.25) is 11.8 Å². The van der Waals surface area contributed by atoms with Gasteiger partial charge in [-0.25, -0.2) is 0 Å². The molecule has 7 nitrogen and oxygen atoms in total. The summed E-state index contributed by atoms with van der Waals surface area (Å²) in [6, 6.07) is 6.24. The van der Waals surface area contributed by atoms with Gasteiger partial charge in [-0.05, 0) is 62.5 Å². The number of benzene rings is 1. The number of piperidine rings is 1. The summed E-state index contributed by atoms with van der Waals surface area (Å²) in [5, 5.41) is 17.8. The van der Waals surface area contributed by atoms with Crippen molar-refractivity contribution in [3.05, 3.63) is 29.3 Å². The first-order valence-electron chi connectivity index (χ1n) is 13.0.